The summed E-state index contributed by atoms with van der Waals surface area (Å²) in [6, 6.07) is 9.83. The zero-order chi connectivity index (χ0) is 19.1. The van der Waals surface area contributed by atoms with Crippen LogP contribution in [0.15, 0.2) is 36.5 Å². The van der Waals surface area contributed by atoms with Crippen molar-refractivity contribution in [2.45, 2.75) is 38.5 Å². The van der Waals surface area contributed by atoms with E-state index in [0.717, 1.165) is 35.5 Å². The highest BCUT2D eigenvalue weighted by atomic mass is 16.1. The van der Waals surface area contributed by atoms with Gasteiger partial charge in [-0.1, -0.05) is 12.5 Å². The zero-order valence-corrected chi connectivity index (χ0v) is 15.8. The van der Waals surface area contributed by atoms with Gasteiger partial charge >= 0.3 is 0 Å². The van der Waals surface area contributed by atoms with Crippen molar-refractivity contribution in [1.29, 1.82) is 0 Å². The van der Waals surface area contributed by atoms with Crippen molar-refractivity contribution < 1.29 is 4.79 Å². The van der Waals surface area contributed by atoms with Gasteiger partial charge in [-0.3, -0.25) is 9.20 Å². The van der Waals surface area contributed by atoms with Gasteiger partial charge in [-0.15, -0.1) is 10.2 Å². The molecular formula is C21H22N6O. The van der Waals surface area contributed by atoms with Gasteiger partial charge in [0.15, 0.2) is 5.65 Å². The Morgan fingerprint density at radius 3 is 3.00 bits per heavy atom. The van der Waals surface area contributed by atoms with E-state index in [2.05, 4.69) is 44.5 Å². The van der Waals surface area contributed by atoms with E-state index >= 15 is 0 Å². The normalized spacial score (nSPS) is 14.5. The number of nitrogens with one attached hydrogen (secondary N) is 2. The molecule has 0 bridgehead atoms. The summed E-state index contributed by atoms with van der Waals surface area (Å²) in [7, 11) is 0. The monoisotopic (exact) mass is 374 g/mol. The first-order valence-electron chi connectivity index (χ1n) is 9.76. The Kier molecular flexibility index (Phi) is 4.07. The van der Waals surface area contributed by atoms with E-state index in [1.165, 1.54) is 12.0 Å². The number of hydrogen-bond acceptors (Lipinski definition) is 4. The fourth-order valence-corrected chi connectivity index (χ4v) is 3.73. The average molecular weight is 374 g/mol. The molecule has 7 heteroatoms. The molecule has 5 rings (SSSR count). The predicted molar refractivity (Wildman–Crippen MR) is 106 cm³/mol. The summed E-state index contributed by atoms with van der Waals surface area (Å²) >= 11 is 0. The van der Waals surface area contributed by atoms with Crippen molar-refractivity contribution in [2.75, 3.05) is 6.54 Å². The van der Waals surface area contributed by atoms with Crippen LogP contribution in [0.3, 0.4) is 0 Å². The van der Waals surface area contributed by atoms with Crippen molar-refractivity contribution in [3.05, 3.63) is 59.3 Å². The van der Waals surface area contributed by atoms with E-state index in [1.54, 1.807) is 6.07 Å². The first kappa shape index (κ1) is 16.9. The third kappa shape index (κ3) is 2.93. The number of rotatable bonds is 5. The van der Waals surface area contributed by atoms with Gasteiger partial charge in [0, 0.05) is 25.1 Å². The lowest BCUT2D eigenvalue weighted by Crippen LogP contribution is -2.26. The van der Waals surface area contributed by atoms with Crippen LogP contribution in [0, 0.1) is 6.92 Å². The van der Waals surface area contributed by atoms with E-state index in [-0.39, 0.29) is 5.91 Å². The van der Waals surface area contributed by atoms with Crippen LogP contribution in [-0.4, -0.2) is 37.0 Å². The molecule has 0 aliphatic heterocycles. The summed E-state index contributed by atoms with van der Waals surface area (Å²) in [4.78, 5) is 20.6. The van der Waals surface area contributed by atoms with Crippen LogP contribution < -0.4 is 5.32 Å². The maximum atomic E-state index is 12.7. The van der Waals surface area contributed by atoms with E-state index in [9.17, 15) is 4.79 Å². The van der Waals surface area contributed by atoms with Crippen molar-refractivity contribution in [1.82, 2.24) is 29.9 Å². The lowest BCUT2D eigenvalue weighted by molar-refractivity contribution is 0.0955. The lowest BCUT2D eigenvalue weighted by Gasteiger charge is -2.23. The maximum absolute atomic E-state index is 12.7. The number of aromatic amines is 1. The smallest absolute Gasteiger partial charge is 0.255 e. The Bertz CT molecular complexity index is 1170. The minimum atomic E-state index is -0.134. The van der Waals surface area contributed by atoms with Crippen LogP contribution in [-0.2, 0) is 6.42 Å². The Morgan fingerprint density at radius 2 is 2.18 bits per heavy atom. The molecule has 0 spiro atoms. The van der Waals surface area contributed by atoms with Gasteiger partial charge < -0.3 is 10.3 Å². The summed E-state index contributed by atoms with van der Waals surface area (Å²) in [5.74, 6) is 2.16. The van der Waals surface area contributed by atoms with Crippen molar-refractivity contribution in [3.8, 4) is 0 Å². The van der Waals surface area contributed by atoms with Crippen LogP contribution in [0.1, 0.15) is 52.8 Å². The van der Waals surface area contributed by atoms with E-state index < -0.39 is 0 Å². The topological polar surface area (TPSA) is 88.0 Å². The number of amides is 1. The molecule has 1 aliphatic rings. The second-order valence-electron chi connectivity index (χ2n) is 7.51. The Morgan fingerprint density at radius 1 is 1.29 bits per heavy atom. The highest BCUT2D eigenvalue weighted by Crippen LogP contribution is 2.35. The summed E-state index contributed by atoms with van der Waals surface area (Å²) in [5.41, 5.74) is 4.34. The molecule has 0 unspecified atom stereocenters. The second-order valence-corrected chi connectivity index (χ2v) is 7.51. The van der Waals surface area contributed by atoms with Crippen molar-refractivity contribution in [2.24, 2.45) is 0 Å². The van der Waals surface area contributed by atoms with Gasteiger partial charge in [0.2, 0.25) is 0 Å². The van der Waals surface area contributed by atoms with Crippen LogP contribution >= 0.6 is 0 Å². The number of nitrogens with zero attached hydrogens (tertiary/aromatic N) is 4. The molecule has 1 amide bonds. The van der Waals surface area contributed by atoms with Gasteiger partial charge in [-0.05, 0) is 49.6 Å². The van der Waals surface area contributed by atoms with E-state index in [4.69, 9.17) is 0 Å². The van der Waals surface area contributed by atoms with Gasteiger partial charge in [-0.25, -0.2) is 4.98 Å². The van der Waals surface area contributed by atoms with Gasteiger partial charge in [0.25, 0.3) is 5.91 Å². The molecule has 3 heterocycles. The maximum Gasteiger partial charge on any atom is 0.255 e. The Balaban J connectivity index is 1.29. The number of carbonyl (C=O) groups is 1. The number of benzene rings is 1. The first-order chi connectivity index (χ1) is 13.7. The Hall–Kier alpha value is -3.22. The fourth-order valence-electron chi connectivity index (χ4n) is 3.73. The lowest BCUT2D eigenvalue weighted by atomic mass is 9.85. The molecule has 142 valence electrons. The highest BCUT2D eigenvalue weighted by Gasteiger charge is 2.25. The van der Waals surface area contributed by atoms with Crippen LogP contribution in [0.25, 0.3) is 16.7 Å². The molecule has 1 aromatic carbocycles. The number of aryl methyl sites for hydroxylation is 1. The largest absolute Gasteiger partial charge is 0.351 e. The average Bonchev–Trinajstić information content (AvgIpc) is 3.24. The molecule has 0 radical (unpaired) electrons. The third-order valence-corrected chi connectivity index (χ3v) is 5.51. The fraction of sp³-hybridized carbons (Fsp3) is 0.333. The molecule has 0 atom stereocenters. The molecule has 2 N–H and O–H groups in total. The summed E-state index contributed by atoms with van der Waals surface area (Å²) in [6.45, 7) is 2.55. The molecule has 3 aromatic heterocycles. The molecule has 1 saturated carbocycles. The molecule has 1 aliphatic carbocycles. The van der Waals surface area contributed by atoms with Crippen molar-refractivity contribution >= 4 is 22.6 Å². The predicted octanol–water partition coefficient (Wildman–Crippen LogP) is 3.15. The van der Waals surface area contributed by atoms with E-state index in [1.807, 2.05) is 22.7 Å². The first-order valence-corrected chi connectivity index (χ1v) is 9.76. The van der Waals surface area contributed by atoms with Gasteiger partial charge in [0.05, 0.1) is 16.6 Å². The van der Waals surface area contributed by atoms with Crippen LogP contribution in [0.2, 0.25) is 0 Å². The minimum Gasteiger partial charge on any atom is -0.351 e. The highest BCUT2D eigenvalue weighted by molar-refractivity contribution is 5.99. The molecule has 1 fully saturated rings. The SMILES string of the molecule is Cc1ccc2[nH]c(CCNC(=O)c3cccn4c(C5CCC5)nnc34)nc2c1. The standard InChI is InChI=1S/C21H22N6O/c1-13-7-8-16-17(12-13)24-18(23-16)9-10-22-21(28)15-6-3-11-27-19(14-4-2-5-14)25-26-20(15)27/h3,6-8,11-12,14H,2,4-5,9-10H2,1H3,(H,22,28)(H,23,24). The van der Waals surface area contributed by atoms with Crippen molar-refractivity contribution in [3.63, 3.8) is 0 Å². The quantitative estimate of drug-likeness (QED) is 0.562. The summed E-state index contributed by atoms with van der Waals surface area (Å²) in [5, 5.41) is 11.6. The van der Waals surface area contributed by atoms with Crippen LogP contribution in [0.5, 0.6) is 0 Å². The number of fused-ring (bicyclic) bond motifs is 2. The number of H-pyrrole nitrogens is 1. The molecule has 7 nitrogen and oxygen atoms in total. The van der Waals surface area contributed by atoms with Gasteiger partial charge in [-0.2, -0.15) is 0 Å². The molecular weight excluding hydrogens is 352 g/mol. The number of hydrogen-bond donors (Lipinski definition) is 2. The van der Waals surface area contributed by atoms with Gasteiger partial charge in [0.1, 0.15) is 11.6 Å². The number of pyridine rings is 1. The minimum absolute atomic E-state index is 0.134. The molecule has 0 saturated heterocycles. The van der Waals surface area contributed by atoms with E-state index in [0.29, 0.717) is 30.1 Å². The number of imidazole rings is 1. The number of carbonyl (C=O) groups excluding carboxylic acids is 1. The molecule has 4 aromatic rings. The Labute approximate surface area is 162 Å². The second kappa shape index (κ2) is 6.74. The zero-order valence-electron chi connectivity index (χ0n) is 15.8. The number of aromatic nitrogens is 5. The summed E-state index contributed by atoms with van der Waals surface area (Å²) < 4.78 is 1.96. The van der Waals surface area contributed by atoms with Crippen LogP contribution in [0.4, 0.5) is 0 Å². The molecule has 28 heavy (non-hydrogen) atoms. The summed E-state index contributed by atoms with van der Waals surface area (Å²) in [6.07, 6.45) is 6.11. The third-order valence-electron chi connectivity index (χ3n) is 5.51.